The van der Waals surface area contributed by atoms with Gasteiger partial charge in [0, 0.05) is 23.4 Å². The summed E-state index contributed by atoms with van der Waals surface area (Å²) in [6.07, 6.45) is 2.91. The van der Waals surface area contributed by atoms with E-state index in [0.717, 1.165) is 0 Å². The Labute approximate surface area is 95.9 Å². The van der Waals surface area contributed by atoms with Crippen molar-refractivity contribution < 1.29 is 9.13 Å². The van der Waals surface area contributed by atoms with Crippen LogP contribution < -0.4 is 0 Å². The van der Waals surface area contributed by atoms with E-state index in [1.807, 2.05) is 6.92 Å². The Morgan fingerprint density at radius 3 is 2.81 bits per heavy atom. The van der Waals surface area contributed by atoms with Crippen molar-refractivity contribution in [2.45, 2.75) is 38.0 Å². The number of alkyl halides is 1. The smallest absolute Gasteiger partial charge is 0.123 e. The van der Waals surface area contributed by atoms with Gasteiger partial charge in [-0.05, 0) is 12.0 Å². The second-order valence-electron chi connectivity index (χ2n) is 3.94. The largest absolute Gasteiger partial charge is 0.374 e. The summed E-state index contributed by atoms with van der Waals surface area (Å²) in [5.41, 5.74) is 7.45. The third-order valence-corrected chi connectivity index (χ3v) is 3.12. The summed E-state index contributed by atoms with van der Waals surface area (Å²) < 4.78 is 19.1. The Hall–Kier alpha value is -0.995. The first-order valence-electron chi connectivity index (χ1n) is 5.33. The van der Waals surface area contributed by atoms with Crippen LogP contribution in [0, 0.1) is 5.92 Å². The number of rotatable bonds is 4. The molecule has 6 heteroatoms. The Morgan fingerprint density at radius 1 is 1.69 bits per heavy atom. The fourth-order valence-corrected chi connectivity index (χ4v) is 2.03. The lowest BCUT2D eigenvalue weighted by Crippen LogP contribution is -2.32. The van der Waals surface area contributed by atoms with Gasteiger partial charge in [0.15, 0.2) is 0 Å². The molecule has 0 spiro atoms. The van der Waals surface area contributed by atoms with Crippen LogP contribution in [0.3, 0.4) is 0 Å². The van der Waals surface area contributed by atoms with E-state index in [2.05, 4.69) is 10.0 Å². The summed E-state index contributed by atoms with van der Waals surface area (Å²) in [4.78, 5) is 2.63. The zero-order valence-corrected chi connectivity index (χ0v) is 9.51. The number of hydrogen-bond donors (Lipinski definition) is 0. The summed E-state index contributed by atoms with van der Waals surface area (Å²) in [6, 6.07) is -0.876. The van der Waals surface area contributed by atoms with Crippen molar-refractivity contribution in [3.63, 3.8) is 0 Å². The maximum Gasteiger partial charge on any atom is 0.123 e. The molecule has 86 valence electrons. The first-order chi connectivity index (χ1) is 7.57. The molecule has 0 aromatic rings. The van der Waals surface area contributed by atoms with E-state index >= 15 is 0 Å². The normalized spacial score (nSPS) is 38.8. The lowest BCUT2D eigenvalue weighted by atomic mass is 9.82. The SMILES string of the molecule is [B][C@@H]1O[C@](C=CCN=[N+]=[N-])(CC)[C@H](C)C1F. The molecule has 1 heterocycles. The molecule has 0 bridgehead atoms. The lowest BCUT2D eigenvalue weighted by Gasteiger charge is -2.28. The fraction of sp³-hybridized carbons (Fsp3) is 0.800. The van der Waals surface area contributed by atoms with Gasteiger partial charge >= 0.3 is 0 Å². The molecule has 0 aromatic carbocycles. The third kappa shape index (κ3) is 2.39. The first-order valence-corrected chi connectivity index (χ1v) is 5.33. The molecule has 4 nitrogen and oxygen atoms in total. The van der Waals surface area contributed by atoms with Gasteiger partial charge < -0.3 is 4.74 Å². The standard InChI is InChI=1S/C10H15BFN3O/c1-3-10(5-4-6-14-15-13)7(2)8(12)9(11)16-10/h4-5,7-9H,3,6H2,1-2H3/t7-,8?,9-,10+/m1/s1. The molecule has 0 aliphatic carbocycles. The predicted molar refractivity (Wildman–Crippen MR) is 60.9 cm³/mol. The Balaban J connectivity index is 2.78. The molecule has 0 aromatic heterocycles. The maximum absolute atomic E-state index is 13.6. The van der Waals surface area contributed by atoms with Gasteiger partial charge in [-0.25, -0.2) is 4.39 Å². The number of nitrogens with zero attached hydrogens (tertiary/aromatic N) is 3. The molecule has 16 heavy (non-hydrogen) atoms. The van der Waals surface area contributed by atoms with Gasteiger partial charge in [-0.15, -0.1) is 0 Å². The van der Waals surface area contributed by atoms with E-state index in [4.69, 9.17) is 18.1 Å². The minimum Gasteiger partial charge on any atom is -0.374 e. The molecule has 1 aliphatic rings. The highest BCUT2D eigenvalue weighted by atomic mass is 19.1. The molecule has 4 atom stereocenters. The summed E-state index contributed by atoms with van der Waals surface area (Å²) >= 11 is 0. The minimum atomic E-state index is -1.16. The van der Waals surface area contributed by atoms with E-state index in [1.165, 1.54) is 0 Å². The van der Waals surface area contributed by atoms with Crippen molar-refractivity contribution in [1.82, 2.24) is 0 Å². The Bertz CT molecular complexity index is 319. The third-order valence-electron chi connectivity index (χ3n) is 3.12. The van der Waals surface area contributed by atoms with Crippen LogP contribution in [0.25, 0.3) is 10.4 Å². The number of azide groups is 1. The lowest BCUT2D eigenvalue weighted by molar-refractivity contribution is 0.00504. The van der Waals surface area contributed by atoms with Crippen LogP contribution in [0.1, 0.15) is 20.3 Å². The quantitative estimate of drug-likeness (QED) is 0.237. The van der Waals surface area contributed by atoms with Gasteiger partial charge in [-0.2, -0.15) is 0 Å². The van der Waals surface area contributed by atoms with Crippen molar-refractivity contribution in [3.8, 4) is 0 Å². The van der Waals surface area contributed by atoms with Gasteiger partial charge in [0.05, 0.1) is 5.60 Å². The van der Waals surface area contributed by atoms with Crippen LogP contribution in [-0.4, -0.2) is 32.2 Å². The number of ether oxygens (including phenoxy) is 1. The average molecular weight is 223 g/mol. The second-order valence-corrected chi connectivity index (χ2v) is 3.94. The van der Waals surface area contributed by atoms with Crippen LogP contribution in [0.15, 0.2) is 17.3 Å². The molecule has 1 rings (SSSR count). The number of hydrogen-bond acceptors (Lipinski definition) is 2. The van der Waals surface area contributed by atoms with Gasteiger partial charge in [-0.1, -0.05) is 31.1 Å². The van der Waals surface area contributed by atoms with E-state index in [0.29, 0.717) is 6.42 Å². The molecule has 1 aliphatic heterocycles. The molecule has 2 radical (unpaired) electrons. The van der Waals surface area contributed by atoms with Gasteiger partial charge in [0.2, 0.25) is 0 Å². The fourth-order valence-electron chi connectivity index (χ4n) is 2.03. The first kappa shape index (κ1) is 13.1. The zero-order chi connectivity index (χ0) is 12.2. The van der Waals surface area contributed by atoms with E-state index in [-0.39, 0.29) is 12.5 Å². The minimum absolute atomic E-state index is 0.237. The molecule has 1 unspecified atom stereocenters. The van der Waals surface area contributed by atoms with Crippen molar-refractivity contribution in [2.24, 2.45) is 11.0 Å². The molecule has 1 saturated heterocycles. The van der Waals surface area contributed by atoms with Crippen molar-refractivity contribution in [3.05, 3.63) is 22.6 Å². The van der Waals surface area contributed by atoms with Crippen LogP contribution in [-0.2, 0) is 4.74 Å². The topological polar surface area (TPSA) is 58.0 Å². The molecule has 1 fully saturated rings. The van der Waals surface area contributed by atoms with Crippen LogP contribution in [0.2, 0.25) is 0 Å². The molecular weight excluding hydrogens is 208 g/mol. The van der Waals surface area contributed by atoms with Crippen molar-refractivity contribution >= 4 is 7.85 Å². The van der Waals surface area contributed by atoms with Crippen LogP contribution in [0.5, 0.6) is 0 Å². The Morgan fingerprint density at radius 2 is 2.38 bits per heavy atom. The average Bonchev–Trinajstić information content (AvgIpc) is 2.50. The Kier molecular flexibility index (Phi) is 4.39. The number of halogens is 1. The highest BCUT2D eigenvalue weighted by molar-refractivity contribution is 6.11. The zero-order valence-electron chi connectivity index (χ0n) is 9.51. The van der Waals surface area contributed by atoms with Gasteiger partial charge in [0.25, 0.3) is 0 Å². The van der Waals surface area contributed by atoms with Crippen molar-refractivity contribution in [1.29, 1.82) is 0 Å². The van der Waals surface area contributed by atoms with Gasteiger partial charge in [-0.3, -0.25) is 0 Å². The molecule has 0 N–H and O–H groups in total. The van der Waals surface area contributed by atoms with Crippen molar-refractivity contribution in [2.75, 3.05) is 6.54 Å². The van der Waals surface area contributed by atoms with Gasteiger partial charge in [0.1, 0.15) is 14.0 Å². The van der Waals surface area contributed by atoms with E-state index in [1.54, 1.807) is 19.1 Å². The summed E-state index contributed by atoms with van der Waals surface area (Å²) in [5.74, 6) is -0.296. The van der Waals surface area contributed by atoms with E-state index < -0.39 is 17.8 Å². The van der Waals surface area contributed by atoms with E-state index in [9.17, 15) is 4.39 Å². The summed E-state index contributed by atoms with van der Waals surface area (Å²) in [5, 5.41) is 3.37. The molecule has 0 saturated carbocycles. The summed E-state index contributed by atoms with van der Waals surface area (Å²) in [6.45, 7) is 3.93. The van der Waals surface area contributed by atoms with Crippen LogP contribution in [0.4, 0.5) is 4.39 Å². The summed E-state index contributed by atoms with van der Waals surface area (Å²) in [7, 11) is 5.54. The molecular formula is C10H15BFN3O. The highest BCUT2D eigenvalue weighted by Gasteiger charge is 2.48. The monoisotopic (exact) mass is 223 g/mol. The van der Waals surface area contributed by atoms with Crippen LogP contribution >= 0.6 is 0 Å². The maximum atomic E-state index is 13.6. The highest BCUT2D eigenvalue weighted by Crippen LogP contribution is 2.40. The predicted octanol–water partition coefficient (Wildman–Crippen LogP) is 2.50. The molecule has 0 amide bonds. The second kappa shape index (κ2) is 5.37.